The van der Waals surface area contributed by atoms with Gasteiger partial charge in [0.15, 0.2) is 0 Å². The van der Waals surface area contributed by atoms with Gasteiger partial charge in [-0.2, -0.15) is 0 Å². The second kappa shape index (κ2) is 2.41. The molecule has 1 rings (SSSR count). The van der Waals surface area contributed by atoms with Crippen molar-refractivity contribution in [1.29, 1.82) is 0 Å². The fourth-order valence-electron chi connectivity index (χ4n) is 1.65. The normalized spacial score (nSPS) is 23.5. The van der Waals surface area contributed by atoms with Gasteiger partial charge in [0.2, 0.25) is 0 Å². The molecular weight excluding hydrogens is 162 g/mol. The first kappa shape index (κ1) is 9.90. The van der Waals surface area contributed by atoms with Gasteiger partial charge in [-0.15, -0.1) is 0 Å². The predicted octanol–water partition coefficient (Wildman–Crippen LogP) is 2.70. The van der Waals surface area contributed by atoms with Crippen molar-refractivity contribution in [2.45, 2.75) is 33.6 Å². The highest BCUT2D eigenvalue weighted by Gasteiger charge is 2.61. The van der Waals surface area contributed by atoms with Crippen LogP contribution in [0.3, 0.4) is 0 Å². The van der Waals surface area contributed by atoms with Crippen molar-refractivity contribution in [3.63, 3.8) is 0 Å². The molecular formula is C9H16F2O. The lowest BCUT2D eigenvalue weighted by Gasteiger charge is -2.53. The smallest absolute Gasteiger partial charge is 0.255 e. The van der Waals surface area contributed by atoms with E-state index in [0.29, 0.717) is 0 Å². The van der Waals surface area contributed by atoms with E-state index in [1.165, 1.54) is 0 Å². The SMILES string of the molecule is CC(C)(C)C1(C(C)(F)F)COC1. The number of hydrogen-bond donors (Lipinski definition) is 0. The van der Waals surface area contributed by atoms with E-state index in [-0.39, 0.29) is 13.2 Å². The Hall–Kier alpha value is -0.180. The molecule has 0 aromatic heterocycles. The largest absolute Gasteiger partial charge is 0.380 e. The molecule has 1 saturated heterocycles. The molecule has 12 heavy (non-hydrogen) atoms. The summed E-state index contributed by atoms with van der Waals surface area (Å²) in [7, 11) is 0. The van der Waals surface area contributed by atoms with Gasteiger partial charge in [0.1, 0.15) is 0 Å². The molecule has 1 aliphatic rings. The highest BCUT2D eigenvalue weighted by molar-refractivity contribution is 5.02. The van der Waals surface area contributed by atoms with Crippen LogP contribution in [0.5, 0.6) is 0 Å². The Kier molecular flexibility index (Phi) is 1.99. The van der Waals surface area contributed by atoms with Crippen LogP contribution in [-0.2, 0) is 4.74 Å². The second-order valence-corrected chi connectivity index (χ2v) is 4.71. The lowest BCUT2D eigenvalue weighted by atomic mass is 9.61. The zero-order valence-corrected chi connectivity index (χ0v) is 8.08. The van der Waals surface area contributed by atoms with Crippen LogP contribution < -0.4 is 0 Å². The summed E-state index contributed by atoms with van der Waals surface area (Å²) < 4.78 is 31.4. The van der Waals surface area contributed by atoms with Gasteiger partial charge in [0.05, 0.1) is 18.6 Å². The van der Waals surface area contributed by atoms with E-state index in [1.807, 2.05) is 20.8 Å². The predicted molar refractivity (Wildman–Crippen MR) is 43.3 cm³/mol. The van der Waals surface area contributed by atoms with Crippen molar-refractivity contribution in [2.24, 2.45) is 10.8 Å². The molecule has 1 nitrogen and oxygen atoms in total. The van der Waals surface area contributed by atoms with E-state index in [2.05, 4.69) is 0 Å². The van der Waals surface area contributed by atoms with Crippen LogP contribution in [0, 0.1) is 10.8 Å². The Morgan fingerprint density at radius 1 is 1.08 bits per heavy atom. The highest BCUT2D eigenvalue weighted by Crippen LogP contribution is 2.54. The van der Waals surface area contributed by atoms with Crippen molar-refractivity contribution in [2.75, 3.05) is 13.2 Å². The van der Waals surface area contributed by atoms with E-state index < -0.39 is 16.8 Å². The maximum atomic E-state index is 13.2. The van der Waals surface area contributed by atoms with Crippen molar-refractivity contribution < 1.29 is 13.5 Å². The Bertz CT molecular complexity index is 156. The Morgan fingerprint density at radius 2 is 1.50 bits per heavy atom. The molecule has 0 saturated carbocycles. The average Bonchev–Trinajstić information content (AvgIpc) is 1.47. The van der Waals surface area contributed by atoms with Crippen molar-refractivity contribution >= 4 is 0 Å². The fraction of sp³-hybridized carbons (Fsp3) is 1.00. The Balaban J connectivity index is 2.92. The first-order valence-corrected chi connectivity index (χ1v) is 4.16. The Labute approximate surface area is 72.1 Å². The summed E-state index contributed by atoms with van der Waals surface area (Å²) in [6.07, 6.45) is 0. The van der Waals surface area contributed by atoms with Crippen LogP contribution in [0.1, 0.15) is 27.7 Å². The lowest BCUT2D eigenvalue weighted by Crippen LogP contribution is -2.61. The first-order valence-electron chi connectivity index (χ1n) is 4.16. The molecule has 0 aromatic carbocycles. The molecule has 0 spiro atoms. The molecule has 3 heteroatoms. The van der Waals surface area contributed by atoms with Crippen molar-refractivity contribution in [1.82, 2.24) is 0 Å². The first-order chi connectivity index (χ1) is 5.21. The number of ether oxygens (including phenoxy) is 1. The van der Waals surface area contributed by atoms with Gasteiger partial charge in [-0.05, 0) is 5.41 Å². The van der Waals surface area contributed by atoms with Crippen molar-refractivity contribution in [3.05, 3.63) is 0 Å². The maximum absolute atomic E-state index is 13.2. The standard InChI is InChI=1S/C9H16F2O/c1-7(2,3)9(5-12-6-9)8(4,10)11/h5-6H2,1-4H3. The van der Waals surface area contributed by atoms with Gasteiger partial charge in [-0.3, -0.25) is 0 Å². The summed E-state index contributed by atoms with van der Waals surface area (Å²) >= 11 is 0. The second-order valence-electron chi connectivity index (χ2n) is 4.71. The summed E-state index contributed by atoms with van der Waals surface area (Å²) in [5, 5.41) is 0. The minimum absolute atomic E-state index is 0.181. The Morgan fingerprint density at radius 3 is 1.50 bits per heavy atom. The van der Waals surface area contributed by atoms with Crippen molar-refractivity contribution in [3.8, 4) is 0 Å². The van der Waals surface area contributed by atoms with Gasteiger partial charge in [-0.1, -0.05) is 20.8 Å². The third kappa shape index (κ3) is 1.15. The van der Waals surface area contributed by atoms with Gasteiger partial charge < -0.3 is 4.74 Å². The minimum atomic E-state index is -2.65. The molecule has 0 atom stereocenters. The van der Waals surface area contributed by atoms with Gasteiger partial charge in [0.25, 0.3) is 5.92 Å². The lowest BCUT2D eigenvalue weighted by molar-refractivity contribution is -0.278. The van der Waals surface area contributed by atoms with Crippen LogP contribution in [0.25, 0.3) is 0 Å². The molecule has 0 N–H and O–H groups in total. The molecule has 0 bridgehead atoms. The van der Waals surface area contributed by atoms with Crippen LogP contribution in [-0.4, -0.2) is 19.1 Å². The molecule has 72 valence electrons. The van der Waals surface area contributed by atoms with E-state index in [1.54, 1.807) is 0 Å². The summed E-state index contributed by atoms with van der Waals surface area (Å²) in [4.78, 5) is 0. The zero-order valence-electron chi connectivity index (χ0n) is 8.08. The summed E-state index contributed by atoms with van der Waals surface area (Å²) in [5.74, 6) is -2.65. The average molecular weight is 178 g/mol. The van der Waals surface area contributed by atoms with Crippen LogP contribution >= 0.6 is 0 Å². The quantitative estimate of drug-likeness (QED) is 0.600. The highest BCUT2D eigenvalue weighted by atomic mass is 19.3. The van der Waals surface area contributed by atoms with E-state index in [0.717, 1.165) is 6.92 Å². The fourth-order valence-corrected chi connectivity index (χ4v) is 1.65. The third-order valence-corrected chi connectivity index (χ3v) is 2.97. The van der Waals surface area contributed by atoms with E-state index >= 15 is 0 Å². The minimum Gasteiger partial charge on any atom is -0.380 e. The van der Waals surface area contributed by atoms with Gasteiger partial charge in [-0.25, -0.2) is 8.78 Å². The molecule has 0 amide bonds. The zero-order chi connectivity index (χ0) is 9.62. The van der Waals surface area contributed by atoms with Crippen LogP contribution in [0.2, 0.25) is 0 Å². The monoisotopic (exact) mass is 178 g/mol. The van der Waals surface area contributed by atoms with Gasteiger partial charge >= 0.3 is 0 Å². The summed E-state index contributed by atoms with van der Waals surface area (Å²) in [6, 6.07) is 0. The van der Waals surface area contributed by atoms with Crippen LogP contribution in [0.15, 0.2) is 0 Å². The molecule has 0 unspecified atom stereocenters. The maximum Gasteiger partial charge on any atom is 0.255 e. The van der Waals surface area contributed by atoms with E-state index in [9.17, 15) is 8.78 Å². The summed E-state index contributed by atoms with van der Waals surface area (Å²) in [6.45, 7) is 6.87. The van der Waals surface area contributed by atoms with Crippen LogP contribution in [0.4, 0.5) is 8.78 Å². The molecule has 1 fully saturated rings. The van der Waals surface area contributed by atoms with Gasteiger partial charge in [0, 0.05) is 6.92 Å². The number of alkyl halides is 2. The number of halogens is 2. The van der Waals surface area contributed by atoms with E-state index in [4.69, 9.17) is 4.74 Å². The topological polar surface area (TPSA) is 9.23 Å². The molecule has 1 aliphatic heterocycles. The summed E-state index contributed by atoms with van der Waals surface area (Å²) in [5.41, 5.74) is -1.36. The molecule has 0 aromatic rings. The third-order valence-electron chi connectivity index (χ3n) is 2.97. The number of rotatable bonds is 1. The molecule has 1 heterocycles. The molecule has 0 radical (unpaired) electrons. The number of hydrogen-bond acceptors (Lipinski definition) is 1. The molecule has 0 aliphatic carbocycles.